The summed E-state index contributed by atoms with van der Waals surface area (Å²) in [5, 5.41) is 8.83. The van der Waals surface area contributed by atoms with Gasteiger partial charge in [0.25, 0.3) is 5.91 Å². The molecular formula is C11H14N4OS. The quantitative estimate of drug-likeness (QED) is 0.851. The van der Waals surface area contributed by atoms with Gasteiger partial charge in [-0.1, -0.05) is 6.07 Å². The van der Waals surface area contributed by atoms with Crippen LogP contribution in [0.1, 0.15) is 15.4 Å². The lowest BCUT2D eigenvalue weighted by Crippen LogP contribution is -2.26. The van der Waals surface area contributed by atoms with Crippen LogP contribution < -0.4 is 11.1 Å². The number of carbonyl (C=O) groups excluding carboxylic acids is 1. The standard InChI is InChI=1S/C11H14N4OS/c1-15-7-9(12)10(14-15)11(16)13-5-4-8-3-2-6-17-8/h2-3,6-7H,4-5,12H2,1H3,(H,13,16). The average Bonchev–Trinajstić information content (AvgIpc) is 2.88. The molecule has 2 aromatic rings. The lowest BCUT2D eigenvalue weighted by Gasteiger charge is -2.02. The van der Waals surface area contributed by atoms with Crippen molar-refractivity contribution in [3.63, 3.8) is 0 Å². The first-order valence-corrected chi connectivity index (χ1v) is 6.14. The zero-order chi connectivity index (χ0) is 12.3. The van der Waals surface area contributed by atoms with E-state index in [0.717, 1.165) is 6.42 Å². The van der Waals surface area contributed by atoms with Crippen LogP contribution in [0.2, 0.25) is 0 Å². The molecule has 90 valence electrons. The number of nitrogens with zero attached hydrogens (tertiary/aromatic N) is 2. The molecule has 5 nitrogen and oxygen atoms in total. The van der Waals surface area contributed by atoms with Crippen molar-refractivity contribution in [3.05, 3.63) is 34.3 Å². The minimum Gasteiger partial charge on any atom is -0.396 e. The number of aryl methyl sites for hydroxylation is 1. The Labute approximate surface area is 103 Å². The van der Waals surface area contributed by atoms with Crippen LogP contribution in [-0.2, 0) is 13.5 Å². The third-order valence-electron chi connectivity index (χ3n) is 2.31. The van der Waals surface area contributed by atoms with Crippen LogP contribution in [0.25, 0.3) is 0 Å². The van der Waals surface area contributed by atoms with E-state index in [0.29, 0.717) is 17.9 Å². The largest absolute Gasteiger partial charge is 0.396 e. The maximum absolute atomic E-state index is 11.7. The summed E-state index contributed by atoms with van der Waals surface area (Å²) in [7, 11) is 1.73. The van der Waals surface area contributed by atoms with Gasteiger partial charge >= 0.3 is 0 Å². The summed E-state index contributed by atoms with van der Waals surface area (Å²) < 4.78 is 1.53. The third kappa shape index (κ3) is 2.85. The van der Waals surface area contributed by atoms with Crippen LogP contribution in [0.15, 0.2) is 23.7 Å². The Bertz CT molecular complexity index is 504. The lowest BCUT2D eigenvalue weighted by atomic mass is 10.3. The van der Waals surface area contributed by atoms with Crippen molar-refractivity contribution in [1.82, 2.24) is 15.1 Å². The van der Waals surface area contributed by atoms with E-state index in [1.807, 2.05) is 17.5 Å². The van der Waals surface area contributed by atoms with E-state index < -0.39 is 0 Å². The molecule has 3 N–H and O–H groups in total. The molecule has 0 spiro atoms. The number of aromatic nitrogens is 2. The molecule has 0 atom stereocenters. The highest BCUT2D eigenvalue weighted by Gasteiger charge is 2.13. The fourth-order valence-electron chi connectivity index (χ4n) is 1.52. The smallest absolute Gasteiger partial charge is 0.273 e. The molecule has 17 heavy (non-hydrogen) atoms. The molecule has 0 aromatic carbocycles. The van der Waals surface area contributed by atoms with Gasteiger partial charge in [0.2, 0.25) is 0 Å². The van der Waals surface area contributed by atoms with E-state index in [4.69, 9.17) is 5.73 Å². The zero-order valence-corrected chi connectivity index (χ0v) is 10.3. The fraction of sp³-hybridized carbons (Fsp3) is 0.273. The van der Waals surface area contributed by atoms with Gasteiger partial charge in [0.15, 0.2) is 5.69 Å². The predicted octanol–water partition coefficient (Wildman–Crippen LogP) is 1.04. The van der Waals surface area contributed by atoms with Crippen molar-refractivity contribution >= 4 is 22.9 Å². The summed E-state index contributed by atoms with van der Waals surface area (Å²) >= 11 is 1.68. The summed E-state index contributed by atoms with van der Waals surface area (Å²) in [4.78, 5) is 13.0. The highest BCUT2D eigenvalue weighted by atomic mass is 32.1. The number of amides is 1. The molecule has 2 rings (SSSR count). The first kappa shape index (κ1) is 11.7. The summed E-state index contributed by atoms with van der Waals surface area (Å²) in [6, 6.07) is 4.05. The van der Waals surface area contributed by atoms with Crippen molar-refractivity contribution in [2.24, 2.45) is 7.05 Å². The normalized spacial score (nSPS) is 10.4. The molecular weight excluding hydrogens is 236 g/mol. The maximum atomic E-state index is 11.7. The lowest BCUT2D eigenvalue weighted by molar-refractivity contribution is 0.0949. The van der Waals surface area contributed by atoms with E-state index in [-0.39, 0.29) is 5.91 Å². The number of hydrogen-bond acceptors (Lipinski definition) is 4. The minimum atomic E-state index is -0.223. The van der Waals surface area contributed by atoms with Gasteiger partial charge in [-0.15, -0.1) is 11.3 Å². The molecule has 6 heteroatoms. The molecule has 2 heterocycles. The first-order valence-electron chi connectivity index (χ1n) is 5.26. The summed E-state index contributed by atoms with van der Waals surface area (Å²) in [5.41, 5.74) is 6.36. The molecule has 2 aromatic heterocycles. The van der Waals surface area contributed by atoms with Crippen LogP contribution in [-0.4, -0.2) is 22.2 Å². The number of nitrogens with two attached hydrogens (primary N) is 1. The van der Waals surface area contributed by atoms with Gasteiger partial charge in [-0.05, 0) is 17.9 Å². The van der Waals surface area contributed by atoms with Gasteiger partial charge in [-0.3, -0.25) is 9.48 Å². The van der Waals surface area contributed by atoms with Gasteiger partial charge in [-0.25, -0.2) is 0 Å². The predicted molar refractivity (Wildman–Crippen MR) is 68.0 cm³/mol. The van der Waals surface area contributed by atoms with Crippen molar-refractivity contribution in [2.45, 2.75) is 6.42 Å². The number of anilines is 1. The van der Waals surface area contributed by atoms with Crippen molar-refractivity contribution in [1.29, 1.82) is 0 Å². The van der Waals surface area contributed by atoms with Gasteiger partial charge in [-0.2, -0.15) is 5.10 Å². The van der Waals surface area contributed by atoms with Crippen LogP contribution in [0.5, 0.6) is 0 Å². The number of carbonyl (C=O) groups is 1. The van der Waals surface area contributed by atoms with E-state index >= 15 is 0 Å². The second-order valence-corrected chi connectivity index (χ2v) is 4.72. The second kappa shape index (κ2) is 5.01. The Morgan fingerprint density at radius 2 is 2.47 bits per heavy atom. The number of rotatable bonds is 4. The topological polar surface area (TPSA) is 72.9 Å². The Balaban J connectivity index is 1.87. The monoisotopic (exact) mass is 250 g/mol. The van der Waals surface area contributed by atoms with E-state index in [2.05, 4.69) is 10.4 Å². The van der Waals surface area contributed by atoms with Crippen LogP contribution in [0.4, 0.5) is 5.69 Å². The Kier molecular flexibility index (Phi) is 3.43. The molecule has 0 aliphatic rings. The SMILES string of the molecule is Cn1cc(N)c(C(=O)NCCc2cccs2)n1. The van der Waals surface area contributed by atoms with Crippen LogP contribution in [0.3, 0.4) is 0 Å². The van der Waals surface area contributed by atoms with Crippen molar-refractivity contribution in [3.8, 4) is 0 Å². The van der Waals surface area contributed by atoms with Crippen molar-refractivity contribution in [2.75, 3.05) is 12.3 Å². The highest BCUT2D eigenvalue weighted by Crippen LogP contribution is 2.09. The van der Waals surface area contributed by atoms with Gasteiger partial charge in [0, 0.05) is 24.7 Å². The van der Waals surface area contributed by atoms with Gasteiger partial charge < -0.3 is 11.1 Å². The molecule has 0 fully saturated rings. The van der Waals surface area contributed by atoms with Gasteiger partial charge in [0.1, 0.15) is 0 Å². The summed E-state index contributed by atoms with van der Waals surface area (Å²) in [6.07, 6.45) is 2.45. The first-order chi connectivity index (χ1) is 8.16. The number of nitrogen functional groups attached to an aromatic ring is 1. The molecule has 0 unspecified atom stereocenters. The average molecular weight is 250 g/mol. The minimum absolute atomic E-state index is 0.223. The number of thiophene rings is 1. The molecule has 0 bridgehead atoms. The summed E-state index contributed by atoms with van der Waals surface area (Å²) in [5.74, 6) is -0.223. The zero-order valence-electron chi connectivity index (χ0n) is 9.51. The van der Waals surface area contributed by atoms with Crippen molar-refractivity contribution < 1.29 is 4.79 Å². The molecule has 1 amide bonds. The van der Waals surface area contributed by atoms with E-state index in [9.17, 15) is 4.79 Å². The Morgan fingerprint density at radius 1 is 1.65 bits per heavy atom. The number of nitrogens with one attached hydrogen (secondary N) is 1. The molecule has 0 radical (unpaired) electrons. The fourth-order valence-corrected chi connectivity index (χ4v) is 2.23. The number of hydrogen-bond donors (Lipinski definition) is 2. The summed E-state index contributed by atoms with van der Waals surface area (Å²) in [6.45, 7) is 0.593. The second-order valence-electron chi connectivity index (χ2n) is 3.69. The third-order valence-corrected chi connectivity index (χ3v) is 3.25. The van der Waals surface area contributed by atoms with Crippen LogP contribution in [0, 0.1) is 0 Å². The van der Waals surface area contributed by atoms with Gasteiger partial charge in [0.05, 0.1) is 5.69 Å². The molecule has 0 saturated carbocycles. The molecule has 0 saturated heterocycles. The Hall–Kier alpha value is -1.82. The maximum Gasteiger partial charge on any atom is 0.273 e. The van der Waals surface area contributed by atoms with E-state index in [1.54, 1.807) is 24.6 Å². The molecule has 0 aliphatic carbocycles. The van der Waals surface area contributed by atoms with Crippen LogP contribution >= 0.6 is 11.3 Å². The van der Waals surface area contributed by atoms with E-state index in [1.165, 1.54) is 9.56 Å². The Morgan fingerprint density at radius 3 is 3.06 bits per heavy atom. The highest BCUT2D eigenvalue weighted by molar-refractivity contribution is 7.09. The molecule has 0 aliphatic heterocycles.